The fraction of sp³-hybridized carbons (Fsp3) is 0.261. The number of carbonyl (C=O) groups excluding carboxylic acids is 4. The highest BCUT2D eigenvalue weighted by molar-refractivity contribution is 5.95. The molecule has 14 heteroatoms. The predicted octanol–water partition coefficient (Wildman–Crippen LogP) is 8.21. The lowest BCUT2D eigenvalue weighted by atomic mass is 10.1. The molecule has 0 amide bonds. The number of esters is 4. The first-order chi connectivity index (χ1) is 29.3. The lowest BCUT2D eigenvalue weighted by Gasteiger charge is -2.11. The largest absolute Gasteiger partial charge is 0.494 e. The van der Waals surface area contributed by atoms with Crippen molar-refractivity contribution >= 4 is 36.3 Å². The second kappa shape index (κ2) is 26.2. The quantitative estimate of drug-likeness (QED) is 0.0113. The summed E-state index contributed by atoms with van der Waals surface area (Å²) in [5, 5.41) is 8.21. The first-order valence-corrected chi connectivity index (χ1v) is 19.3. The van der Waals surface area contributed by atoms with Crippen LogP contribution in [0.2, 0.25) is 0 Å². The molecule has 4 rings (SSSR count). The van der Waals surface area contributed by atoms with E-state index in [9.17, 15) is 19.2 Å². The number of unbranched alkanes of at least 4 members (excludes halogenated alkanes) is 3. The van der Waals surface area contributed by atoms with Gasteiger partial charge in [-0.05, 0) is 128 Å². The van der Waals surface area contributed by atoms with Gasteiger partial charge in [0.25, 0.3) is 0 Å². The summed E-state index contributed by atoms with van der Waals surface area (Å²) in [4.78, 5) is 59.2. The molecule has 4 aromatic carbocycles. The monoisotopic (exact) mass is 820 g/mol. The molecule has 0 atom stereocenters. The minimum absolute atomic E-state index is 0.0314. The van der Waals surface area contributed by atoms with Crippen molar-refractivity contribution in [1.29, 1.82) is 0 Å². The maximum absolute atomic E-state index is 13.0. The van der Waals surface area contributed by atoms with Gasteiger partial charge in [-0.25, -0.2) is 19.2 Å². The van der Waals surface area contributed by atoms with Crippen LogP contribution in [-0.4, -0.2) is 69.3 Å². The summed E-state index contributed by atoms with van der Waals surface area (Å²) in [6.07, 6.45) is 9.54. The van der Waals surface area contributed by atoms with Crippen molar-refractivity contribution in [3.8, 4) is 23.0 Å². The summed E-state index contributed by atoms with van der Waals surface area (Å²) in [7, 11) is 0. The molecule has 0 saturated carbocycles. The van der Waals surface area contributed by atoms with Gasteiger partial charge in [-0.2, -0.15) is 15.1 Å². The lowest BCUT2D eigenvalue weighted by Crippen LogP contribution is -2.13. The Hall–Kier alpha value is -6.90. The van der Waals surface area contributed by atoms with E-state index in [0.717, 1.165) is 49.8 Å². The molecule has 0 radical (unpaired) electrons. The molecule has 0 aliphatic carbocycles. The summed E-state index contributed by atoms with van der Waals surface area (Å²) in [5.41, 5.74) is 2.44. The van der Waals surface area contributed by atoms with E-state index < -0.39 is 23.9 Å². The van der Waals surface area contributed by atoms with Crippen LogP contribution in [-0.2, 0) is 35.3 Å². The standard InChI is InChI=1S/C46H48N2O12/c1-4-25-53-28-29-56-46(52)41-30-36(15-24-42(41)60-57-33-35-13-20-39(21-14-35)58-44(50)6-3)32-48-47-31-34-11-18-40(19-12-34)59-45(51)37-16-22-38(23-17-37)54-26-9-7-8-10-27-55-43(49)5-2/h5-6,11-24,30-32H,2-4,7-10,25-29,33H2,1H3. The Balaban J connectivity index is 1.26. The SMILES string of the molecule is C=CC(=O)OCCCCCCOc1ccc(C(=O)Oc2ccc(C=NN=Cc3ccc(OOCc4ccc(OC(=O)C=C)cc4)c(C(=O)OCCOCCC)c3)cc2)cc1. The van der Waals surface area contributed by atoms with Crippen LogP contribution in [0, 0.1) is 0 Å². The van der Waals surface area contributed by atoms with Gasteiger partial charge in [0.05, 0.1) is 37.8 Å². The molecule has 0 aliphatic rings. The molecule has 0 saturated heterocycles. The van der Waals surface area contributed by atoms with Crippen molar-refractivity contribution in [2.24, 2.45) is 10.2 Å². The van der Waals surface area contributed by atoms with Crippen molar-refractivity contribution in [1.82, 2.24) is 0 Å². The average molecular weight is 821 g/mol. The smallest absolute Gasteiger partial charge is 0.343 e. The Morgan fingerprint density at radius 1 is 0.600 bits per heavy atom. The van der Waals surface area contributed by atoms with Gasteiger partial charge >= 0.3 is 23.9 Å². The molecule has 14 nitrogen and oxygen atoms in total. The van der Waals surface area contributed by atoms with Crippen molar-refractivity contribution in [2.45, 2.75) is 45.6 Å². The van der Waals surface area contributed by atoms with Crippen LogP contribution in [0.3, 0.4) is 0 Å². The van der Waals surface area contributed by atoms with E-state index in [1.807, 2.05) is 6.92 Å². The third-order valence-corrected chi connectivity index (χ3v) is 8.09. The third kappa shape index (κ3) is 16.9. The van der Waals surface area contributed by atoms with Crippen LogP contribution in [0.5, 0.6) is 23.0 Å². The summed E-state index contributed by atoms with van der Waals surface area (Å²) in [6, 6.07) is 24.8. The van der Waals surface area contributed by atoms with Gasteiger partial charge in [-0.15, -0.1) is 0 Å². The third-order valence-electron chi connectivity index (χ3n) is 8.09. The summed E-state index contributed by atoms with van der Waals surface area (Å²) in [5.74, 6) is -0.660. The van der Waals surface area contributed by atoms with Crippen LogP contribution < -0.4 is 19.1 Å². The van der Waals surface area contributed by atoms with Gasteiger partial charge in [-0.3, -0.25) is 0 Å². The topological polar surface area (TPSA) is 167 Å². The number of nitrogens with zero attached hydrogens (tertiary/aromatic N) is 2. The molecule has 314 valence electrons. The van der Waals surface area contributed by atoms with Crippen LogP contribution in [0.1, 0.15) is 76.4 Å². The molecule has 0 spiro atoms. The predicted molar refractivity (Wildman–Crippen MR) is 224 cm³/mol. The molecule has 0 bridgehead atoms. The number of hydrogen-bond donors (Lipinski definition) is 0. The van der Waals surface area contributed by atoms with Crippen molar-refractivity contribution in [3.05, 3.63) is 144 Å². The zero-order valence-electron chi connectivity index (χ0n) is 33.5. The van der Waals surface area contributed by atoms with E-state index >= 15 is 0 Å². The van der Waals surface area contributed by atoms with Gasteiger partial charge in [0.15, 0.2) is 5.75 Å². The molecule has 0 aliphatic heterocycles. The fourth-order valence-corrected chi connectivity index (χ4v) is 5.00. The van der Waals surface area contributed by atoms with E-state index in [1.54, 1.807) is 84.9 Å². The molecule has 4 aromatic rings. The minimum Gasteiger partial charge on any atom is -0.494 e. The number of carbonyl (C=O) groups is 4. The summed E-state index contributed by atoms with van der Waals surface area (Å²) >= 11 is 0. The van der Waals surface area contributed by atoms with Gasteiger partial charge in [0, 0.05) is 18.8 Å². The maximum atomic E-state index is 13.0. The highest BCUT2D eigenvalue weighted by Gasteiger charge is 2.17. The Kier molecular flexibility index (Phi) is 20.0. The minimum atomic E-state index is -0.644. The van der Waals surface area contributed by atoms with Crippen molar-refractivity contribution in [3.63, 3.8) is 0 Å². The second-order valence-electron chi connectivity index (χ2n) is 12.7. The zero-order chi connectivity index (χ0) is 42.8. The first kappa shape index (κ1) is 45.8. The van der Waals surface area contributed by atoms with Gasteiger partial charge in [-0.1, -0.05) is 32.2 Å². The maximum Gasteiger partial charge on any atom is 0.343 e. The first-order valence-electron chi connectivity index (χ1n) is 19.3. The van der Waals surface area contributed by atoms with E-state index in [1.165, 1.54) is 18.5 Å². The molecule has 0 heterocycles. The second-order valence-corrected chi connectivity index (χ2v) is 12.7. The molecule has 60 heavy (non-hydrogen) atoms. The van der Waals surface area contributed by atoms with Crippen molar-refractivity contribution < 1.29 is 57.4 Å². The Labute approximate surface area is 348 Å². The van der Waals surface area contributed by atoms with E-state index in [-0.39, 0.29) is 31.1 Å². The Morgan fingerprint density at radius 3 is 1.93 bits per heavy atom. The Bertz CT molecular complexity index is 2060. The molecule has 0 N–H and O–H groups in total. The number of hydrogen-bond acceptors (Lipinski definition) is 14. The van der Waals surface area contributed by atoms with Crippen LogP contribution >= 0.6 is 0 Å². The van der Waals surface area contributed by atoms with E-state index in [4.69, 9.17) is 38.2 Å². The Morgan fingerprint density at radius 2 is 1.23 bits per heavy atom. The average Bonchev–Trinajstić information content (AvgIpc) is 3.27. The van der Waals surface area contributed by atoms with E-state index in [2.05, 4.69) is 23.4 Å². The van der Waals surface area contributed by atoms with Crippen LogP contribution in [0.4, 0.5) is 0 Å². The zero-order valence-corrected chi connectivity index (χ0v) is 33.5. The van der Waals surface area contributed by atoms with Gasteiger partial charge in [0.1, 0.15) is 36.0 Å². The van der Waals surface area contributed by atoms with Gasteiger partial charge in [0.2, 0.25) is 0 Å². The number of ether oxygens (including phenoxy) is 6. The molecular weight excluding hydrogens is 773 g/mol. The van der Waals surface area contributed by atoms with Crippen molar-refractivity contribution in [2.75, 3.05) is 33.0 Å². The highest BCUT2D eigenvalue weighted by atomic mass is 17.2. The van der Waals surface area contributed by atoms with Crippen LogP contribution in [0.25, 0.3) is 0 Å². The normalized spacial score (nSPS) is 10.9. The fourth-order valence-electron chi connectivity index (χ4n) is 5.00. The molecule has 0 unspecified atom stereocenters. The number of rotatable bonds is 26. The van der Waals surface area contributed by atoms with E-state index in [0.29, 0.717) is 53.8 Å². The molecular formula is C46H48N2O12. The lowest BCUT2D eigenvalue weighted by molar-refractivity contribution is -0.217. The van der Waals surface area contributed by atoms with Gasteiger partial charge < -0.3 is 33.3 Å². The molecule has 0 fully saturated rings. The number of benzene rings is 4. The summed E-state index contributed by atoms with van der Waals surface area (Å²) in [6.45, 7) is 10.5. The molecule has 0 aromatic heterocycles. The van der Waals surface area contributed by atoms with Crippen LogP contribution in [0.15, 0.2) is 127 Å². The highest BCUT2D eigenvalue weighted by Crippen LogP contribution is 2.23. The summed E-state index contributed by atoms with van der Waals surface area (Å²) < 4.78 is 32.1.